The molecule has 1 N–H and O–H groups in total. The predicted molar refractivity (Wildman–Crippen MR) is 77.0 cm³/mol. The van der Waals surface area contributed by atoms with Crippen molar-refractivity contribution < 1.29 is 4.79 Å². The van der Waals surface area contributed by atoms with Crippen LogP contribution in [-0.4, -0.2) is 11.9 Å². The van der Waals surface area contributed by atoms with Gasteiger partial charge in [-0.05, 0) is 63.0 Å². The van der Waals surface area contributed by atoms with Crippen LogP contribution in [0.1, 0.15) is 48.5 Å². The van der Waals surface area contributed by atoms with Gasteiger partial charge in [-0.15, -0.1) is 0 Å². The highest BCUT2D eigenvalue weighted by molar-refractivity contribution is 5.94. The van der Waals surface area contributed by atoms with Gasteiger partial charge in [-0.3, -0.25) is 4.79 Å². The molecular weight excluding hydrogens is 234 g/mol. The first-order valence-electron chi connectivity index (χ1n) is 7.51. The number of carbonyl (C=O) groups is 1. The molecule has 102 valence electrons. The van der Waals surface area contributed by atoms with Gasteiger partial charge in [0.1, 0.15) is 0 Å². The average molecular weight is 257 g/mol. The van der Waals surface area contributed by atoms with Gasteiger partial charge >= 0.3 is 0 Å². The van der Waals surface area contributed by atoms with Gasteiger partial charge in [0, 0.05) is 11.6 Å². The Morgan fingerprint density at radius 3 is 2.53 bits per heavy atom. The molecule has 0 spiro atoms. The Balaban J connectivity index is 1.61. The fraction of sp³-hybridized carbons (Fsp3) is 0.588. The van der Waals surface area contributed by atoms with Crippen LogP contribution < -0.4 is 5.32 Å². The smallest absolute Gasteiger partial charge is 0.251 e. The molecule has 0 aliphatic heterocycles. The van der Waals surface area contributed by atoms with E-state index < -0.39 is 0 Å². The molecular formula is C17H23NO. The maximum Gasteiger partial charge on any atom is 0.251 e. The summed E-state index contributed by atoms with van der Waals surface area (Å²) in [7, 11) is 0. The fourth-order valence-electron chi connectivity index (χ4n) is 4.01. The summed E-state index contributed by atoms with van der Waals surface area (Å²) in [5, 5.41) is 3.20. The lowest BCUT2D eigenvalue weighted by atomic mass is 9.84. The third kappa shape index (κ3) is 2.54. The summed E-state index contributed by atoms with van der Waals surface area (Å²) in [4.78, 5) is 12.2. The number of rotatable bonds is 3. The lowest BCUT2D eigenvalue weighted by Gasteiger charge is -2.28. The van der Waals surface area contributed by atoms with Crippen LogP contribution in [0, 0.1) is 24.7 Å². The van der Waals surface area contributed by atoms with Crippen molar-refractivity contribution >= 4 is 5.91 Å². The number of hydrogen-bond donors (Lipinski definition) is 1. The minimum absolute atomic E-state index is 0.0790. The second-order valence-electron chi connectivity index (χ2n) is 6.47. The van der Waals surface area contributed by atoms with Crippen molar-refractivity contribution in [3.8, 4) is 0 Å². The fourth-order valence-corrected chi connectivity index (χ4v) is 4.01. The van der Waals surface area contributed by atoms with Crippen molar-refractivity contribution in [2.75, 3.05) is 0 Å². The summed E-state index contributed by atoms with van der Waals surface area (Å²) >= 11 is 0. The molecule has 2 fully saturated rings. The van der Waals surface area contributed by atoms with Crippen LogP contribution in [0.3, 0.4) is 0 Å². The second kappa shape index (κ2) is 4.99. The molecule has 19 heavy (non-hydrogen) atoms. The summed E-state index contributed by atoms with van der Waals surface area (Å²) in [6.07, 6.45) is 5.51. The van der Waals surface area contributed by atoms with E-state index in [9.17, 15) is 4.79 Å². The van der Waals surface area contributed by atoms with E-state index in [0.717, 1.165) is 17.4 Å². The second-order valence-corrected chi connectivity index (χ2v) is 6.47. The van der Waals surface area contributed by atoms with E-state index in [4.69, 9.17) is 0 Å². The number of hydrogen-bond acceptors (Lipinski definition) is 1. The van der Waals surface area contributed by atoms with Crippen molar-refractivity contribution in [1.82, 2.24) is 5.32 Å². The first-order valence-corrected chi connectivity index (χ1v) is 7.51. The standard InChI is InChI=1S/C17H23NO/c1-11-3-6-14(7-4-11)17(19)18-12(2)16-10-13-5-8-15(16)9-13/h3-4,6-7,12-13,15-16H,5,8-10H2,1-2H3,(H,18,19)/t12-,13-,15-,16-/m0/s1. The van der Waals surface area contributed by atoms with E-state index in [0.29, 0.717) is 12.0 Å². The van der Waals surface area contributed by atoms with Gasteiger partial charge in [0.15, 0.2) is 0 Å². The number of carbonyl (C=O) groups excluding carboxylic acids is 1. The highest BCUT2D eigenvalue weighted by Crippen LogP contribution is 2.49. The third-order valence-electron chi connectivity index (χ3n) is 5.11. The van der Waals surface area contributed by atoms with Gasteiger partial charge < -0.3 is 5.32 Å². The van der Waals surface area contributed by atoms with Crippen molar-refractivity contribution in [3.05, 3.63) is 35.4 Å². The summed E-state index contributed by atoms with van der Waals surface area (Å²) in [6, 6.07) is 8.13. The highest BCUT2D eigenvalue weighted by Gasteiger charge is 2.42. The van der Waals surface area contributed by atoms with Gasteiger partial charge in [-0.2, -0.15) is 0 Å². The van der Waals surface area contributed by atoms with Crippen molar-refractivity contribution in [3.63, 3.8) is 0 Å². The number of benzene rings is 1. The first kappa shape index (κ1) is 12.7. The maximum absolute atomic E-state index is 12.2. The third-order valence-corrected chi connectivity index (χ3v) is 5.11. The van der Waals surface area contributed by atoms with Crippen LogP contribution in [0.4, 0.5) is 0 Å². The van der Waals surface area contributed by atoms with E-state index in [1.807, 2.05) is 31.2 Å². The van der Waals surface area contributed by atoms with E-state index in [2.05, 4.69) is 12.2 Å². The summed E-state index contributed by atoms with van der Waals surface area (Å²) in [5.74, 6) is 2.58. The Kier molecular flexibility index (Phi) is 3.34. The van der Waals surface area contributed by atoms with Crippen LogP contribution >= 0.6 is 0 Å². The Morgan fingerprint density at radius 1 is 1.21 bits per heavy atom. The van der Waals surface area contributed by atoms with E-state index in [1.54, 1.807) is 0 Å². The Labute approximate surface area is 115 Å². The van der Waals surface area contributed by atoms with Crippen LogP contribution in [0.5, 0.6) is 0 Å². The average Bonchev–Trinajstić information content (AvgIpc) is 3.01. The van der Waals surface area contributed by atoms with Crippen LogP contribution in [-0.2, 0) is 0 Å². The van der Waals surface area contributed by atoms with Crippen LogP contribution in [0.25, 0.3) is 0 Å². The summed E-state index contributed by atoms with van der Waals surface area (Å²) < 4.78 is 0. The SMILES string of the molecule is Cc1ccc(C(=O)N[C@@H](C)[C@@H]2C[C@H]3CC[C@H]2C3)cc1. The molecule has 2 aliphatic carbocycles. The maximum atomic E-state index is 12.2. The molecule has 2 nitrogen and oxygen atoms in total. The number of nitrogens with one attached hydrogen (secondary N) is 1. The first-order chi connectivity index (χ1) is 9.13. The van der Waals surface area contributed by atoms with Gasteiger partial charge in [0.25, 0.3) is 5.91 Å². The molecule has 1 amide bonds. The van der Waals surface area contributed by atoms with E-state index in [-0.39, 0.29) is 5.91 Å². The largest absolute Gasteiger partial charge is 0.349 e. The zero-order valence-corrected chi connectivity index (χ0v) is 11.9. The van der Waals surface area contributed by atoms with E-state index in [1.165, 1.54) is 31.2 Å². The molecule has 1 aromatic rings. The molecule has 4 atom stereocenters. The molecule has 2 aliphatic rings. The zero-order chi connectivity index (χ0) is 13.4. The molecule has 1 aromatic carbocycles. The van der Waals surface area contributed by atoms with Crippen molar-refractivity contribution in [1.29, 1.82) is 0 Å². The van der Waals surface area contributed by atoms with Crippen LogP contribution in [0.15, 0.2) is 24.3 Å². The molecule has 2 saturated carbocycles. The topological polar surface area (TPSA) is 29.1 Å². The number of fused-ring (bicyclic) bond motifs is 2. The van der Waals surface area contributed by atoms with Gasteiger partial charge in [0.2, 0.25) is 0 Å². The van der Waals surface area contributed by atoms with Gasteiger partial charge in [-0.1, -0.05) is 24.1 Å². The number of aryl methyl sites for hydroxylation is 1. The lowest BCUT2D eigenvalue weighted by molar-refractivity contribution is 0.0915. The van der Waals surface area contributed by atoms with E-state index >= 15 is 0 Å². The Morgan fingerprint density at radius 2 is 1.95 bits per heavy atom. The number of amides is 1. The molecule has 0 radical (unpaired) electrons. The predicted octanol–water partition coefficient (Wildman–Crippen LogP) is 3.55. The quantitative estimate of drug-likeness (QED) is 0.881. The van der Waals surface area contributed by atoms with Gasteiger partial charge in [-0.25, -0.2) is 0 Å². The van der Waals surface area contributed by atoms with Gasteiger partial charge in [0.05, 0.1) is 0 Å². The normalized spacial score (nSPS) is 30.3. The minimum Gasteiger partial charge on any atom is -0.349 e. The van der Waals surface area contributed by atoms with Crippen molar-refractivity contribution in [2.45, 2.75) is 45.6 Å². The molecule has 0 unspecified atom stereocenters. The van der Waals surface area contributed by atoms with Crippen molar-refractivity contribution in [2.24, 2.45) is 17.8 Å². The minimum atomic E-state index is 0.0790. The summed E-state index contributed by atoms with van der Waals surface area (Å²) in [5.41, 5.74) is 1.97. The highest BCUT2D eigenvalue weighted by atomic mass is 16.1. The molecule has 2 heteroatoms. The lowest BCUT2D eigenvalue weighted by Crippen LogP contribution is -2.40. The molecule has 3 rings (SSSR count). The van der Waals surface area contributed by atoms with Crippen LogP contribution in [0.2, 0.25) is 0 Å². The Hall–Kier alpha value is -1.31. The molecule has 2 bridgehead atoms. The molecule has 0 aromatic heterocycles. The Bertz CT molecular complexity index is 465. The molecule has 0 saturated heterocycles. The summed E-state index contributed by atoms with van der Waals surface area (Å²) in [6.45, 7) is 4.22. The molecule has 0 heterocycles. The monoisotopic (exact) mass is 257 g/mol. The zero-order valence-electron chi connectivity index (χ0n) is 11.9.